The second-order valence-corrected chi connectivity index (χ2v) is 6.80. The minimum atomic E-state index is -0.0801. The van der Waals surface area contributed by atoms with Gasteiger partial charge in [0.05, 0.1) is 0 Å². The van der Waals surface area contributed by atoms with E-state index in [1.807, 2.05) is 53.4 Å². The smallest absolute Gasteiger partial charge is 0.227 e. The number of benzene rings is 2. The Morgan fingerprint density at radius 2 is 1.46 bits per heavy atom. The summed E-state index contributed by atoms with van der Waals surface area (Å²) in [6.45, 7) is 1.78. The minimum absolute atomic E-state index is 0. The van der Waals surface area contributed by atoms with Gasteiger partial charge in [-0.2, -0.15) is 4.57 Å². The van der Waals surface area contributed by atoms with Gasteiger partial charge in [0, 0.05) is 35.3 Å². The molecule has 0 unspecified atom stereocenters. The number of aromatic nitrogens is 1. The highest BCUT2D eigenvalue weighted by Crippen LogP contribution is 2.13. The molecular formula is C22H20BrClN2O2. The largest absolute Gasteiger partial charge is 1.00 e. The third-order valence-corrected chi connectivity index (χ3v) is 4.39. The van der Waals surface area contributed by atoms with Gasteiger partial charge in [-0.15, -0.1) is 0 Å². The molecule has 1 heterocycles. The van der Waals surface area contributed by atoms with E-state index in [4.69, 9.17) is 11.6 Å². The lowest BCUT2D eigenvalue weighted by Gasteiger charge is -2.05. The first-order valence-corrected chi connectivity index (χ1v) is 9.01. The molecule has 0 aliphatic rings. The Labute approximate surface area is 179 Å². The molecule has 0 fully saturated rings. The van der Waals surface area contributed by atoms with E-state index < -0.39 is 0 Å². The van der Waals surface area contributed by atoms with Crippen molar-refractivity contribution in [3.8, 4) is 0 Å². The molecule has 3 rings (SSSR count). The van der Waals surface area contributed by atoms with Crippen molar-refractivity contribution in [3.05, 3.63) is 94.8 Å². The van der Waals surface area contributed by atoms with Crippen molar-refractivity contribution in [2.75, 3.05) is 5.32 Å². The van der Waals surface area contributed by atoms with Crippen LogP contribution in [0.5, 0.6) is 0 Å². The molecule has 0 aliphatic carbocycles. The quantitative estimate of drug-likeness (QED) is 0.443. The molecule has 28 heavy (non-hydrogen) atoms. The van der Waals surface area contributed by atoms with Crippen molar-refractivity contribution in [3.63, 3.8) is 0 Å². The fraction of sp³-hybridized carbons (Fsp3) is 0.136. The van der Waals surface area contributed by atoms with E-state index in [1.54, 1.807) is 24.3 Å². The van der Waals surface area contributed by atoms with Crippen molar-refractivity contribution in [1.82, 2.24) is 0 Å². The average molecular weight is 460 g/mol. The monoisotopic (exact) mass is 458 g/mol. The molecule has 0 saturated carbocycles. The molecule has 0 bridgehead atoms. The Morgan fingerprint density at radius 1 is 0.893 bits per heavy atom. The van der Waals surface area contributed by atoms with E-state index in [-0.39, 0.29) is 35.2 Å². The maximum Gasteiger partial charge on any atom is 0.227 e. The minimum Gasteiger partial charge on any atom is -1.00 e. The van der Waals surface area contributed by atoms with Crippen molar-refractivity contribution in [2.45, 2.75) is 19.9 Å². The van der Waals surface area contributed by atoms with Gasteiger partial charge in [0.25, 0.3) is 0 Å². The van der Waals surface area contributed by atoms with Gasteiger partial charge in [-0.25, -0.2) is 0 Å². The topological polar surface area (TPSA) is 50.1 Å². The van der Waals surface area contributed by atoms with Crippen LogP contribution in [-0.4, -0.2) is 11.7 Å². The van der Waals surface area contributed by atoms with Crippen molar-refractivity contribution < 1.29 is 31.1 Å². The number of nitrogens with zero attached hydrogens (tertiary/aromatic N) is 1. The third kappa shape index (κ3) is 6.29. The SMILES string of the molecule is CC(=O)Nc1ccc(Cc2cc[n+](CC(=O)c3ccc(Cl)cc3)cc2)cc1.[Br-]. The second-order valence-electron chi connectivity index (χ2n) is 6.36. The molecule has 0 radical (unpaired) electrons. The molecule has 0 aliphatic heterocycles. The number of ketones is 1. The fourth-order valence-corrected chi connectivity index (χ4v) is 2.88. The molecule has 6 heteroatoms. The van der Waals surface area contributed by atoms with E-state index in [1.165, 1.54) is 6.92 Å². The maximum atomic E-state index is 12.3. The van der Waals surface area contributed by atoms with E-state index in [2.05, 4.69) is 5.32 Å². The number of hydrogen-bond acceptors (Lipinski definition) is 2. The van der Waals surface area contributed by atoms with E-state index in [9.17, 15) is 9.59 Å². The van der Waals surface area contributed by atoms with Crippen LogP contribution in [-0.2, 0) is 17.8 Å². The zero-order valence-electron chi connectivity index (χ0n) is 15.4. The van der Waals surface area contributed by atoms with Gasteiger partial charge in [-0.05, 0) is 53.9 Å². The summed E-state index contributed by atoms with van der Waals surface area (Å²) < 4.78 is 1.86. The number of Topliss-reactive ketones (excluding diaryl/α,β-unsaturated/α-hetero) is 1. The molecule has 0 spiro atoms. The van der Waals surface area contributed by atoms with Crippen molar-refractivity contribution in [1.29, 1.82) is 0 Å². The van der Waals surface area contributed by atoms with E-state index in [0.29, 0.717) is 10.6 Å². The molecule has 0 saturated heterocycles. The van der Waals surface area contributed by atoms with Crippen LogP contribution in [0.2, 0.25) is 5.02 Å². The van der Waals surface area contributed by atoms with Gasteiger partial charge < -0.3 is 22.3 Å². The normalized spacial score (nSPS) is 10.1. The lowest BCUT2D eigenvalue weighted by Crippen LogP contribution is -3.00. The summed E-state index contributed by atoms with van der Waals surface area (Å²) in [6.07, 6.45) is 4.61. The first kappa shape index (κ1) is 21.8. The Morgan fingerprint density at radius 3 is 2.04 bits per heavy atom. The van der Waals surface area contributed by atoms with Crippen LogP contribution in [0.4, 0.5) is 5.69 Å². The molecule has 144 valence electrons. The summed E-state index contributed by atoms with van der Waals surface area (Å²) >= 11 is 5.86. The number of carbonyl (C=O) groups is 2. The van der Waals surface area contributed by atoms with Crippen LogP contribution in [0.15, 0.2) is 73.1 Å². The number of pyridine rings is 1. The standard InChI is InChI=1S/C22H19ClN2O2.BrH/c1-16(26)24-21-8-2-17(3-9-21)14-18-10-12-25(13-11-18)15-22(27)19-4-6-20(23)7-5-19;/h2-13H,14-15H2,1H3;1H. The van der Waals surface area contributed by atoms with Gasteiger partial charge in [-0.1, -0.05) is 23.7 Å². The van der Waals surface area contributed by atoms with Crippen molar-refractivity contribution in [2.24, 2.45) is 0 Å². The van der Waals surface area contributed by atoms with Gasteiger partial charge >= 0.3 is 0 Å². The zero-order chi connectivity index (χ0) is 19.2. The number of anilines is 1. The van der Waals surface area contributed by atoms with Crippen molar-refractivity contribution >= 4 is 29.0 Å². The molecule has 1 aromatic heterocycles. The first-order valence-electron chi connectivity index (χ1n) is 8.63. The first-order chi connectivity index (χ1) is 13.0. The fourth-order valence-electron chi connectivity index (χ4n) is 2.75. The number of hydrogen-bond donors (Lipinski definition) is 1. The highest BCUT2D eigenvalue weighted by Gasteiger charge is 2.12. The summed E-state index contributed by atoms with van der Waals surface area (Å²) in [5, 5.41) is 3.38. The maximum absolute atomic E-state index is 12.3. The number of halogens is 2. The van der Waals surface area contributed by atoms with Crippen LogP contribution in [0.25, 0.3) is 0 Å². The molecule has 2 aromatic carbocycles. The third-order valence-electron chi connectivity index (χ3n) is 4.14. The van der Waals surface area contributed by atoms with E-state index in [0.717, 1.165) is 23.2 Å². The van der Waals surface area contributed by atoms with Crippen LogP contribution < -0.4 is 26.9 Å². The molecule has 0 atom stereocenters. The second kappa shape index (κ2) is 10.2. The molecule has 1 amide bonds. The Bertz CT molecular complexity index is 940. The highest BCUT2D eigenvalue weighted by molar-refractivity contribution is 6.30. The lowest BCUT2D eigenvalue weighted by atomic mass is 10.1. The Balaban J connectivity index is 0.00000280. The number of nitrogens with one attached hydrogen (secondary N) is 1. The van der Waals surface area contributed by atoms with Crippen LogP contribution in [0.1, 0.15) is 28.4 Å². The van der Waals surface area contributed by atoms with Gasteiger partial charge in [0.15, 0.2) is 12.4 Å². The number of rotatable bonds is 6. The Kier molecular flexibility index (Phi) is 7.91. The van der Waals surface area contributed by atoms with E-state index >= 15 is 0 Å². The summed E-state index contributed by atoms with van der Waals surface area (Å²) in [7, 11) is 0. The number of carbonyl (C=O) groups excluding carboxylic acids is 2. The van der Waals surface area contributed by atoms with Crippen LogP contribution in [0, 0.1) is 0 Å². The highest BCUT2D eigenvalue weighted by atomic mass is 79.9. The zero-order valence-corrected chi connectivity index (χ0v) is 17.7. The molecular weight excluding hydrogens is 440 g/mol. The van der Waals surface area contributed by atoms with Gasteiger partial charge in [-0.3, -0.25) is 9.59 Å². The molecule has 4 nitrogen and oxygen atoms in total. The average Bonchev–Trinajstić information content (AvgIpc) is 2.65. The van der Waals surface area contributed by atoms with Crippen LogP contribution in [0.3, 0.4) is 0 Å². The predicted octanol–water partition coefficient (Wildman–Crippen LogP) is 1.06. The Hall–Kier alpha value is -2.50. The van der Waals surface area contributed by atoms with Gasteiger partial charge in [0.1, 0.15) is 0 Å². The summed E-state index contributed by atoms with van der Waals surface area (Å²) in [6, 6.07) is 18.7. The lowest BCUT2D eigenvalue weighted by molar-refractivity contribution is -0.683. The van der Waals surface area contributed by atoms with Crippen LogP contribution >= 0.6 is 11.6 Å². The predicted molar refractivity (Wildman–Crippen MR) is 106 cm³/mol. The summed E-state index contributed by atoms with van der Waals surface area (Å²) in [5.74, 6) is -0.0403. The molecule has 1 N–H and O–H groups in total. The number of amides is 1. The molecule has 3 aromatic rings. The summed E-state index contributed by atoms with van der Waals surface area (Å²) in [4.78, 5) is 23.4. The van der Waals surface area contributed by atoms with Gasteiger partial charge in [0.2, 0.25) is 18.2 Å². The summed E-state index contributed by atoms with van der Waals surface area (Å²) in [5.41, 5.74) is 3.74.